The van der Waals surface area contributed by atoms with Crippen molar-refractivity contribution >= 4 is 7.82 Å². The molecule has 1 rings (SSSR count). The van der Waals surface area contributed by atoms with Gasteiger partial charge in [0, 0.05) is 0 Å². The van der Waals surface area contributed by atoms with Crippen LogP contribution in [0, 0.1) is 11.3 Å². The Balaban J connectivity index is 2.51. The van der Waals surface area contributed by atoms with Gasteiger partial charge >= 0.3 is 120 Å². The quantitative estimate of drug-likeness (QED) is 0.359. The van der Waals surface area contributed by atoms with Crippen LogP contribution in [-0.2, 0) is 44.9 Å². The third-order valence-corrected chi connectivity index (χ3v) is 4.05. The first-order valence-corrected chi connectivity index (χ1v) is 7.67. The van der Waals surface area contributed by atoms with E-state index < -0.39 is 13.9 Å². The average molecular weight is 329 g/mol. The SMILES string of the molecule is COP(=O)(OCCC#N)OC1CCOC1CO[N]=[V]. The van der Waals surface area contributed by atoms with Crippen LogP contribution in [0.4, 0.5) is 0 Å². The third kappa shape index (κ3) is 5.82. The van der Waals surface area contributed by atoms with Gasteiger partial charge < -0.3 is 0 Å². The Bertz CT molecular complexity index is 376. The summed E-state index contributed by atoms with van der Waals surface area (Å²) >= 11 is 1.93. The van der Waals surface area contributed by atoms with E-state index in [2.05, 4.69) is 3.95 Å². The molecule has 0 aromatic carbocycles. The summed E-state index contributed by atoms with van der Waals surface area (Å²) in [6.07, 6.45) is -0.170. The van der Waals surface area contributed by atoms with Gasteiger partial charge in [-0.1, -0.05) is 0 Å². The van der Waals surface area contributed by atoms with E-state index in [1.165, 1.54) is 7.11 Å². The summed E-state index contributed by atoms with van der Waals surface area (Å²) < 4.78 is 36.1. The molecule has 10 heteroatoms. The predicted molar refractivity (Wildman–Crippen MR) is 58.4 cm³/mol. The molecule has 0 aromatic rings. The van der Waals surface area contributed by atoms with Crippen molar-refractivity contribution in [3.05, 3.63) is 0 Å². The maximum absolute atomic E-state index is 12.1. The zero-order chi connectivity index (χ0) is 14.1. The van der Waals surface area contributed by atoms with Crippen molar-refractivity contribution in [2.45, 2.75) is 25.0 Å². The predicted octanol–water partition coefficient (Wildman–Crippen LogP) is 1.51. The molecule has 0 spiro atoms. The van der Waals surface area contributed by atoms with Crippen molar-refractivity contribution in [2.24, 2.45) is 3.95 Å². The Morgan fingerprint density at radius 1 is 1.63 bits per heavy atom. The monoisotopic (exact) mass is 329 g/mol. The molecular weight excluding hydrogens is 314 g/mol. The summed E-state index contributed by atoms with van der Waals surface area (Å²) in [6, 6.07) is 1.88. The molecule has 1 aliphatic heterocycles. The van der Waals surface area contributed by atoms with Crippen LogP contribution < -0.4 is 0 Å². The van der Waals surface area contributed by atoms with Crippen LogP contribution in [0.2, 0.25) is 0 Å². The number of ether oxygens (including phenoxy) is 1. The summed E-state index contributed by atoms with van der Waals surface area (Å²) in [5, 5.41) is 8.41. The van der Waals surface area contributed by atoms with Gasteiger partial charge in [-0.2, -0.15) is 0 Å². The topological polar surface area (TPSA) is 99.4 Å². The van der Waals surface area contributed by atoms with E-state index in [0.717, 1.165) is 0 Å². The number of phosphoric acid groups is 1. The van der Waals surface area contributed by atoms with Crippen LogP contribution in [0.5, 0.6) is 0 Å². The normalized spacial score (nSPS) is 25.6. The molecule has 0 N–H and O–H groups in total. The number of hydrogen-bond donors (Lipinski definition) is 0. The van der Waals surface area contributed by atoms with Gasteiger partial charge in [-0.15, -0.1) is 0 Å². The van der Waals surface area contributed by atoms with Crippen molar-refractivity contribution < 1.29 is 44.9 Å². The fourth-order valence-corrected chi connectivity index (χ4v) is 2.75. The standard InChI is InChI=1S/C9H15N2O6P.V/c1-13-18(12,16-5-2-4-10)17-8-3-6-14-9(8)7-15-11;/h8-9H,2-3,5-7H2,1H3;. The fraction of sp³-hybridized carbons (Fsp3) is 0.889. The second-order valence-electron chi connectivity index (χ2n) is 3.59. The van der Waals surface area contributed by atoms with Crippen LogP contribution in [0.25, 0.3) is 0 Å². The van der Waals surface area contributed by atoms with Crippen LogP contribution in [0.3, 0.4) is 0 Å². The zero-order valence-electron chi connectivity index (χ0n) is 10.4. The summed E-state index contributed by atoms with van der Waals surface area (Å²) in [7, 11) is -2.44. The van der Waals surface area contributed by atoms with Crippen molar-refractivity contribution in [2.75, 3.05) is 26.9 Å². The van der Waals surface area contributed by atoms with Gasteiger partial charge in [-0.25, -0.2) is 0 Å². The Morgan fingerprint density at radius 3 is 3.05 bits per heavy atom. The second-order valence-corrected chi connectivity index (χ2v) is 5.57. The maximum atomic E-state index is 12.1. The minimum absolute atomic E-state index is 0.0157. The molecule has 1 heterocycles. The van der Waals surface area contributed by atoms with Gasteiger partial charge in [0.25, 0.3) is 0 Å². The van der Waals surface area contributed by atoms with E-state index in [9.17, 15) is 4.57 Å². The van der Waals surface area contributed by atoms with Crippen molar-refractivity contribution in [3.8, 4) is 6.07 Å². The van der Waals surface area contributed by atoms with Gasteiger partial charge in [0.05, 0.1) is 0 Å². The molecule has 1 fully saturated rings. The molecule has 0 amide bonds. The molecule has 3 atom stereocenters. The Labute approximate surface area is 120 Å². The summed E-state index contributed by atoms with van der Waals surface area (Å²) in [6.45, 7) is 0.651. The molecule has 0 aliphatic carbocycles. The molecule has 3 unspecified atom stereocenters. The molecule has 0 aromatic heterocycles. The molecule has 19 heavy (non-hydrogen) atoms. The summed E-state index contributed by atoms with van der Waals surface area (Å²) in [5.74, 6) is 0. The second kappa shape index (κ2) is 8.95. The van der Waals surface area contributed by atoms with Crippen molar-refractivity contribution in [1.82, 2.24) is 0 Å². The molecule has 0 radical (unpaired) electrons. The van der Waals surface area contributed by atoms with Crippen LogP contribution >= 0.6 is 7.82 Å². The Hall–Kier alpha value is -0.0956. The number of phosphoric ester groups is 1. The molecule has 107 valence electrons. The number of rotatable bonds is 9. The summed E-state index contributed by atoms with van der Waals surface area (Å²) in [4.78, 5) is 4.87. The molecule has 0 bridgehead atoms. The Morgan fingerprint density at radius 2 is 2.42 bits per heavy atom. The average Bonchev–Trinajstić information content (AvgIpc) is 2.83. The number of nitrogens with zero attached hydrogens (tertiary/aromatic N) is 2. The number of hydrogen-bond acceptors (Lipinski definition) is 8. The zero-order valence-corrected chi connectivity index (χ0v) is 12.7. The first-order chi connectivity index (χ1) is 9.15. The van der Waals surface area contributed by atoms with Gasteiger partial charge in [-0.3, -0.25) is 0 Å². The molecule has 8 nitrogen and oxygen atoms in total. The van der Waals surface area contributed by atoms with E-state index in [-0.39, 0.29) is 25.7 Å². The van der Waals surface area contributed by atoms with Crippen LogP contribution in [0.1, 0.15) is 12.8 Å². The summed E-state index contributed by atoms with van der Waals surface area (Å²) in [5.41, 5.74) is 0. The van der Waals surface area contributed by atoms with Gasteiger partial charge in [-0.05, 0) is 0 Å². The van der Waals surface area contributed by atoms with Crippen molar-refractivity contribution in [1.29, 1.82) is 5.26 Å². The third-order valence-electron chi connectivity index (χ3n) is 2.40. The van der Waals surface area contributed by atoms with Crippen LogP contribution in [-0.4, -0.2) is 39.1 Å². The van der Waals surface area contributed by atoms with E-state index in [0.29, 0.717) is 13.0 Å². The van der Waals surface area contributed by atoms with E-state index >= 15 is 0 Å². The van der Waals surface area contributed by atoms with Gasteiger partial charge in [0.2, 0.25) is 0 Å². The van der Waals surface area contributed by atoms with Gasteiger partial charge in [0.15, 0.2) is 0 Å². The Kier molecular flexibility index (Phi) is 7.99. The van der Waals surface area contributed by atoms with Gasteiger partial charge in [0.1, 0.15) is 0 Å². The molecule has 1 saturated heterocycles. The molecule has 1 aliphatic rings. The van der Waals surface area contributed by atoms with E-state index in [4.69, 9.17) is 28.4 Å². The first kappa shape index (κ1) is 17.0. The minimum atomic E-state index is -3.67. The number of nitriles is 1. The molecular formula is C9H15N2O6PV. The van der Waals surface area contributed by atoms with E-state index in [1.54, 1.807) is 0 Å². The first-order valence-electron chi connectivity index (χ1n) is 5.59. The molecule has 0 saturated carbocycles. The fourth-order valence-electron chi connectivity index (χ4n) is 1.51. The van der Waals surface area contributed by atoms with Crippen LogP contribution in [0.15, 0.2) is 3.95 Å². The van der Waals surface area contributed by atoms with E-state index in [1.807, 2.05) is 23.3 Å². The van der Waals surface area contributed by atoms with Crippen molar-refractivity contribution in [3.63, 3.8) is 0 Å².